The van der Waals surface area contributed by atoms with Gasteiger partial charge in [-0.15, -0.1) is 0 Å². The van der Waals surface area contributed by atoms with Crippen LogP contribution in [-0.4, -0.2) is 62.7 Å². The Balaban J connectivity index is -0.000000153. The van der Waals surface area contributed by atoms with Crippen LogP contribution < -0.4 is 14.7 Å². The summed E-state index contributed by atoms with van der Waals surface area (Å²) in [5.41, 5.74) is 3.78. The van der Waals surface area contributed by atoms with Crippen molar-refractivity contribution in [3.63, 3.8) is 0 Å². The molecule has 0 amide bonds. The maximum Gasteiger partial charge on any atom is 0.219 e. The minimum atomic E-state index is 0.384. The molecule has 60 heavy (non-hydrogen) atoms. The fourth-order valence-corrected chi connectivity index (χ4v) is 5.71. The van der Waals surface area contributed by atoms with E-state index >= 15 is 0 Å². The Kier molecular flexibility index (Phi) is 48.9. The number of H-pyrrole nitrogens is 2. The van der Waals surface area contributed by atoms with Gasteiger partial charge in [0.05, 0.1) is 11.4 Å². The Morgan fingerprint density at radius 1 is 0.400 bits per heavy atom. The van der Waals surface area contributed by atoms with E-state index in [0.29, 0.717) is 35.9 Å². The molecule has 9 heteroatoms. The van der Waals surface area contributed by atoms with Gasteiger partial charge >= 0.3 is 0 Å². The van der Waals surface area contributed by atoms with Crippen LogP contribution in [0.15, 0.2) is 4.42 Å². The van der Waals surface area contributed by atoms with E-state index in [1.54, 1.807) is 0 Å². The highest BCUT2D eigenvalue weighted by atomic mass is 16.4. The van der Waals surface area contributed by atoms with Crippen molar-refractivity contribution < 1.29 is 4.42 Å². The quantitative estimate of drug-likeness (QED) is 0.255. The number of nitrogens with one attached hydrogen (secondary N) is 2. The predicted octanol–water partition coefficient (Wildman–Crippen LogP) is 16.4. The first kappa shape index (κ1) is 68.8. The molecule has 0 spiro atoms. The molecule has 2 N–H and O–H groups in total. The summed E-state index contributed by atoms with van der Waals surface area (Å²) in [6.07, 6.45) is 3.27. The lowest BCUT2D eigenvalue weighted by Crippen LogP contribution is -2.29. The lowest BCUT2D eigenvalue weighted by atomic mass is 10.2. The SMILES string of the molecule is CC.CC.CC.CC.CC.CC.CC.CC.CC.CC(C)c1nc2c([nH]1)CCN2C(C)C.CC(C)c1nc2c([nH]1)CCN2C(C)C.CC(C)c1nc2c(o1)N(C(C)C)CC2. The molecule has 0 aliphatic carbocycles. The van der Waals surface area contributed by atoms with Crippen LogP contribution in [-0.2, 0) is 19.3 Å². The lowest BCUT2D eigenvalue weighted by molar-refractivity contribution is 0.458. The zero-order chi connectivity index (χ0) is 48.9. The topological polar surface area (TPSA) is 93.1 Å². The maximum absolute atomic E-state index is 5.78. The number of nitrogens with zero attached hydrogens (tertiary/aromatic N) is 6. The van der Waals surface area contributed by atoms with Crippen molar-refractivity contribution in [2.75, 3.05) is 34.3 Å². The van der Waals surface area contributed by atoms with E-state index in [9.17, 15) is 0 Å². The Labute approximate surface area is 377 Å². The van der Waals surface area contributed by atoms with E-state index in [4.69, 9.17) is 4.42 Å². The van der Waals surface area contributed by atoms with Crippen LogP contribution in [0.1, 0.15) is 260 Å². The molecule has 0 radical (unpaired) electrons. The molecular formula is C51H110N8O. The van der Waals surface area contributed by atoms with Gasteiger partial charge in [-0.25, -0.2) is 15.0 Å². The zero-order valence-corrected chi connectivity index (χ0v) is 46.3. The van der Waals surface area contributed by atoms with E-state index in [0.717, 1.165) is 68.0 Å². The van der Waals surface area contributed by atoms with Crippen LogP contribution in [0.3, 0.4) is 0 Å². The highest BCUT2D eigenvalue weighted by Crippen LogP contribution is 2.33. The Morgan fingerprint density at radius 3 is 0.967 bits per heavy atom. The second kappa shape index (κ2) is 42.7. The molecule has 0 fully saturated rings. The Hall–Kier alpha value is -2.97. The first-order valence-electron chi connectivity index (χ1n) is 25.2. The summed E-state index contributed by atoms with van der Waals surface area (Å²) in [4.78, 5) is 27.7. The smallest absolute Gasteiger partial charge is 0.219 e. The number of hydrogen-bond acceptors (Lipinski definition) is 7. The first-order chi connectivity index (χ1) is 28.8. The summed E-state index contributed by atoms with van der Waals surface area (Å²) < 4.78 is 5.78. The summed E-state index contributed by atoms with van der Waals surface area (Å²) in [5.74, 6) is 7.87. The molecule has 9 nitrogen and oxygen atoms in total. The number of anilines is 3. The number of fused-ring (bicyclic) bond motifs is 3. The second-order valence-corrected chi connectivity index (χ2v) is 13.7. The molecule has 0 saturated heterocycles. The van der Waals surface area contributed by atoms with Gasteiger partial charge in [0.25, 0.3) is 0 Å². The van der Waals surface area contributed by atoms with Gasteiger partial charge in [-0.2, -0.15) is 0 Å². The molecular weight excluding hydrogens is 741 g/mol. The maximum atomic E-state index is 5.78. The summed E-state index contributed by atoms with van der Waals surface area (Å²) in [6.45, 7) is 65.5. The van der Waals surface area contributed by atoms with Crippen molar-refractivity contribution in [3.8, 4) is 0 Å². The van der Waals surface area contributed by atoms with Crippen LogP contribution in [0.4, 0.5) is 17.5 Å². The summed E-state index contributed by atoms with van der Waals surface area (Å²) in [7, 11) is 0. The van der Waals surface area contributed by atoms with Gasteiger partial charge in [0.2, 0.25) is 5.88 Å². The molecule has 6 heterocycles. The van der Waals surface area contributed by atoms with Crippen molar-refractivity contribution in [1.82, 2.24) is 24.9 Å². The van der Waals surface area contributed by atoms with E-state index < -0.39 is 0 Å². The lowest BCUT2D eigenvalue weighted by Gasteiger charge is -2.21. The van der Waals surface area contributed by atoms with Gasteiger partial charge in [0, 0.05) is 74.8 Å². The van der Waals surface area contributed by atoms with Crippen molar-refractivity contribution in [3.05, 3.63) is 34.6 Å². The van der Waals surface area contributed by atoms with Crippen molar-refractivity contribution in [2.45, 2.75) is 263 Å². The monoisotopic (exact) mass is 851 g/mol. The van der Waals surface area contributed by atoms with E-state index in [2.05, 4.69) is 123 Å². The fourth-order valence-electron chi connectivity index (χ4n) is 5.71. The average molecular weight is 851 g/mol. The second-order valence-electron chi connectivity index (χ2n) is 13.7. The van der Waals surface area contributed by atoms with Crippen molar-refractivity contribution in [2.24, 2.45) is 0 Å². The number of oxazole rings is 1. The van der Waals surface area contributed by atoms with E-state index in [1.807, 2.05) is 125 Å². The first-order valence-corrected chi connectivity index (χ1v) is 25.2. The van der Waals surface area contributed by atoms with E-state index in [-0.39, 0.29) is 0 Å². The molecule has 0 aromatic carbocycles. The normalized spacial score (nSPS) is 11.9. The van der Waals surface area contributed by atoms with Gasteiger partial charge < -0.3 is 29.1 Å². The van der Waals surface area contributed by atoms with Crippen LogP contribution in [0.2, 0.25) is 0 Å². The van der Waals surface area contributed by atoms with Crippen LogP contribution in [0.5, 0.6) is 0 Å². The molecule has 3 aromatic rings. The third-order valence-electron chi connectivity index (χ3n) is 8.30. The van der Waals surface area contributed by atoms with Crippen LogP contribution in [0, 0.1) is 0 Å². The fraction of sp³-hybridized carbons (Fsp3) is 0.824. The number of aromatic amines is 2. The molecule has 0 bridgehead atoms. The van der Waals surface area contributed by atoms with Gasteiger partial charge in [-0.05, 0) is 41.5 Å². The largest absolute Gasteiger partial charge is 0.425 e. The van der Waals surface area contributed by atoms with Crippen molar-refractivity contribution >= 4 is 17.5 Å². The molecule has 0 saturated carbocycles. The third kappa shape index (κ3) is 22.8. The molecule has 0 atom stereocenters. The third-order valence-corrected chi connectivity index (χ3v) is 8.30. The Morgan fingerprint density at radius 2 is 0.700 bits per heavy atom. The Bertz CT molecular complexity index is 1140. The zero-order valence-electron chi connectivity index (χ0n) is 46.3. The highest BCUT2D eigenvalue weighted by Gasteiger charge is 2.29. The summed E-state index contributed by atoms with van der Waals surface area (Å²) in [6, 6.07) is 1.61. The minimum absolute atomic E-state index is 0.384. The molecule has 3 aliphatic rings. The van der Waals surface area contributed by atoms with Crippen LogP contribution in [0.25, 0.3) is 0 Å². The van der Waals surface area contributed by atoms with Crippen molar-refractivity contribution in [1.29, 1.82) is 0 Å². The molecule has 0 unspecified atom stereocenters. The molecule has 6 rings (SSSR count). The number of imidazole rings is 2. The van der Waals surface area contributed by atoms with Gasteiger partial charge in [-0.1, -0.05) is 166 Å². The van der Waals surface area contributed by atoms with Gasteiger partial charge in [0.1, 0.15) is 17.3 Å². The summed E-state index contributed by atoms with van der Waals surface area (Å²) >= 11 is 0. The standard InChI is InChI=1S/2C11H19N3.C11H18N2O.9C2H6/c2*1-7(2)10-12-9-5-6-14(8(3)4)11(9)13-10;1-7(2)10-12-9-5-6-13(8(3)4)11(9)14-10;9*1-2/h2*7-8H,5-6H2,1-4H3,(H,12,13);7-8H,5-6H2,1-4H3;9*1-2H3. The number of aromatic nitrogens is 5. The molecule has 3 aromatic heterocycles. The molecule has 360 valence electrons. The molecule has 3 aliphatic heterocycles. The average Bonchev–Trinajstić information content (AvgIpc) is 4.14. The van der Waals surface area contributed by atoms with Crippen LogP contribution >= 0.6 is 0 Å². The van der Waals surface area contributed by atoms with Gasteiger partial charge in [-0.3, -0.25) is 0 Å². The van der Waals surface area contributed by atoms with Gasteiger partial charge in [0.15, 0.2) is 17.5 Å². The number of hydrogen-bond donors (Lipinski definition) is 2. The highest BCUT2D eigenvalue weighted by molar-refractivity contribution is 5.52. The minimum Gasteiger partial charge on any atom is -0.425 e. The number of rotatable bonds is 6. The van der Waals surface area contributed by atoms with E-state index in [1.165, 1.54) is 23.0 Å². The summed E-state index contributed by atoms with van der Waals surface area (Å²) in [5, 5.41) is 0. The predicted molar refractivity (Wildman–Crippen MR) is 277 cm³/mol.